The first-order valence-electron chi connectivity index (χ1n) is 11.5. The van der Waals surface area contributed by atoms with Gasteiger partial charge in [-0.2, -0.15) is 0 Å². The van der Waals surface area contributed by atoms with Crippen molar-refractivity contribution in [3.63, 3.8) is 0 Å². The molecule has 6 atom stereocenters. The van der Waals surface area contributed by atoms with Gasteiger partial charge in [0, 0.05) is 40.3 Å². The highest BCUT2D eigenvalue weighted by molar-refractivity contribution is 5.95. The van der Waals surface area contributed by atoms with Crippen LogP contribution in [0.2, 0.25) is 0 Å². The van der Waals surface area contributed by atoms with Gasteiger partial charge in [0.2, 0.25) is 0 Å². The number of carbonyl (C=O) groups is 6. The van der Waals surface area contributed by atoms with Crippen molar-refractivity contribution in [1.82, 2.24) is 5.32 Å². The van der Waals surface area contributed by atoms with Crippen molar-refractivity contribution in [3.05, 3.63) is 30.3 Å². The van der Waals surface area contributed by atoms with Crippen molar-refractivity contribution < 1.29 is 57.6 Å². The zero-order chi connectivity index (χ0) is 28.6. The maximum Gasteiger partial charge on any atom is 0.324 e. The van der Waals surface area contributed by atoms with Gasteiger partial charge < -0.3 is 34.1 Å². The number of nitrogens with one attached hydrogen (secondary N) is 1. The van der Waals surface area contributed by atoms with Gasteiger partial charge in [0.25, 0.3) is 0 Å². The minimum Gasteiger partial charge on any atom is -0.462 e. The van der Waals surface area contributed by atoms with E-state index >= 15 is 0 Å². The number of ether oxygens (including phenoxy) is 5. The Labute approximate surface area is 218 Å². The summed E-state index contributed by atoms with van der Waals surface area (Å²) in [7, 11) is 0. The predicted octanol–water partition coefficient (Wildman–Crippen LogP) is 0.193. The average molecular weight is 539 g/mol. The SMILES string of the molecule is CC(=O)OC[C@@H](OC(C)=O)[C@H](OC(C)=O)[C@H](OC(C)=O)[C@@H](OC(C)=O)[C@@H]1NC(=O)N(c2ccccc2)[C@H]1O. The maximum atomic E-state index is 12.8. The molecular weight excluding hydrogens is 508 g/mol. The zero-order valence-electron chi connectivity index (χ0n) is 21.4. The van der Waals surface area contributed by atoms with Crippen LogP contribution in [0.25, 0.3) is 0 Å². The Kier molecular flexibility index (Phi) is 10.6. The van der Waals surface area contributed by atoms with Crippen LogP contribution in [-0.2, 0) is 47.7 Å². The predicted molar refractivity (Wildman–Crippen MR) is 126 cm³/mol. The first-order chi connectivity index (χ1) is 17.8. The number of benzene rings is 1. The van der Waals surface area contributed by atoms with Gasteiger partial charge in [-0.1, -0.05) is 18.2 Å². The van der Waals surface area contributed by atoms with E-state index in [9.17, 15) is 33.9 Å². The van der Waals surface area contributed by atoms with Gasteiger partial charge in [0.15, 0.2) is 30.6 Å². The van der Waals surface area contributed by atoms with Crippen LogP contribution in [0.3, 0.4) is 0 Å². The summed E-state index contributed by atoms with van der Waals surface area (Å²) in [5, 5.41) is 13.6. The summed E-state index contributed by atoms with van der Waals surface area (Å²) in [4.78, 5) is 73.4. The molecule has 0 spiro atoms. The number of rotatable bonds is 11. The number of para-hydroxylation sites is 1. The molecular formula is C24H30N2O12. The lowest BCUT2D eigenvalue weighted by Crippen LogP contribution is -2.60. The van der Waals surface area contributed by atoms with Gasteiger partial charge in [-0.3, -0.25) is 28.9 Å². The second-order valence-corrected chi connectivity index (χ2v) is 8.27. The normalized spacial score (nSPS) is 19.7. The van der Waals surface area contributed by atoms with Gasteiger partial charge in [0.05, 0.1) is 0 Å². The summed E-state index contributed by atoms with van der Waals surface area (Å²) in [6, 6.07) is 5.85. The van der Waals surface area contributed by atoms with Crippen LogP contribution in [0.15, 0.2) is 30.3 Å². The van der Waals surface area contributed by atoms with E-state index in [-0.39, 0.29) is 0 Å². The number of urea groups is 1. The number of hydrogen-bond acceptors (Lipinski definition) is 12. The molecule has 38 heavy (non-hydrogen) atoms. The monoisotopic (exact) mass is 538 g/mol. The fraction of sp³-hybridized carbons (Fsp3) is 0.500. The number of amides is 2. The number of nitrogens with zero attached hydrogens (tertiary/aromatic N) is 1. The number of esters is 5. The number of carbonyl (C=O) groups excluding carboxylic acids is 6. The van der Waals surface area contributed by atoms with E-state index in [2.05, 4.69) is 5.32 Å². The second kappa shape index (κ2) is 13.4. The third kappa shape index (κ3) is 8.16. The molecule has 1 aromatic rings. The van der Waals surface area contributed by atoms with E-state index in [0.717, 1.165) is 39.5 Å². The Morgan fingerprint density at radius 1 is 0.816 bits per heavy atom. The largest absolute Gasteiger partial charge is 0.462 e. The summed E-state index contributed by atoms with van der Waals surface area (Å²) in [6.07, 6.45) is -8.34. The molecule has 0 saturated carbocycles. The molecule has 14 nitrogen and oxygen atoms in total. The fourth-order valence-corrected chi connectivity index (χ4v) is 3.88. The van der Waals surface area contributed by atoms with Gasteiger partial charge in [0.1, 0.15) is 12.6 Å². The fourth-order valence-electron chi connectivity index (χ4n) is 3.88. The average Bonchev–Trinajstić information content (AvgIpc) is 3.10. The summed E-state index contributed by atoms with van der Waals surface area (Å²) in [5.74, 6) is -4.39. The number of aliphatic hydroxyl groups excluding tert-OH is 1. The highest BCUT2D eigenvalue weighted by atomic mass is 16.6. The van der Waals surface area contributed by atoms with Crippen molar-refractivity contribution in [3.8, 4) is 0 Å². The summed E-state index contributed by atoms with van der Waals surface area (Å²) in [6.45, 7) is 4.54. The minimum absolute atomic E-state index is 0.301. The van der Waals surface area contributed by atoms with Crippen LogP contribution in [0, 0.1) is 0 Å². The Hall–Kier alpha value is -4.20. The van der Waals surface area contributed by atoms with E-state index in [4.69, 9.17) is 23.7 Å². The lowest BCUT2D eigenvalue weighted by molar-refractivity contribution is -0.205. The van der Waals surface area contributed by atoms with E-state index in [0.29, 0.717) is 5.69 Å². The number of hydrogen-bond donors (Lipinski definition) is 2. The molecule has 0 aliphatic carbocycles. The molecule has 0 aromatic heterocycles. The van der Waals surface area contributed by atoms with E-state index < -0.39 is 79.2 Å². The van der Waals surface area contributed by atoms with Crippen LogP contribution in [-0.4, -0.2) is 84.3 Å². The van der Waals surface area contributed by atoms with Crippen LogP contribution in [0.1, 0.15) is 34.6 Å². The van der Waals surface area contributed by atoms with Crippen LogP contribution in [0.5, 0.6) is 0 Å². The molecule has 1 saturated heterocycles. The molecule has 208 valence electrons. The van der Waals surface area contributed by atoms with E-state index in [1.165, 1.54) is 0 Å². The topological polar surface area (TPSA) is 184 Å². The third-order valence-corrected chi connectivity index (χ3v) is 5.17. The lowest BCUT2D eigenvalue weighted by Gasteiger charge is -2.38. The van der Waals surface area contributed by atoms with Crippen molar-refractivity contribution in [2.24, 2.45) is 0 Å². The Balaban J connectivity index is 2.60. The molecule has 1 fully saturated rings. The standard InChI is InChI=1S/C24H30N2O12/c1-12(27)34-11-18(35-13(2)28)20(36-14(3)29)22(38-16(5)31)21(37-15(4)30)19-23(32)26(24(33)25-19)17-9-7-6-8-10-17/h6-10,18-23,32H,11H2,1-5H3,(H,25,33)/t18-,19+,20+,21+,22+,23+/m1/s1. The molecule has 1 heterocycles. The van der Waals surface area contributed by atoms with Crippen LogP contribution in [0.4, 0.5) is 10.5 Å². The summed E-state index contributed by atoms with van der Waals surface area (Å²) < 4.78 is 26.2. The molecule has 1 aromatic carbocycles. The molecule has 1 aliphatic heterocycles. The zero-order valence-corrected chi connectivity index (χ0v) is 21.4. The highest BCUT2D eigenvalue weighted by Crippen LogP contribution is 2.29. The van der Waals surface area contributed by atoms with E-state index in [1.54, 1.807) is 30.3 Å². The van der Waals surface area contributed by atoms with Crippen molar-refractivity contribution in [1.29, 1.82) is 0 Å². The Bertz CT molecular complexity index is 1050. The van der Waals surface area contributed by atoms with Gasteiger partial charge in [-0.05, 0) is 12.1 Å². The molecule has 1 aliphatic rings. The summed E-state index contributed by atoms with van der Waals surface area (Å²) >= 11 is 0. The van der Waals surface area contributed by atoms with Crippen molar-refractivity contribution >= 4 is 41.6 Å². The van der Waals surface area contributed by atoms with Crippen LogP contribution < -0.4 is 10.2 Å². The second-order valence-electron chi connectivity index (χ2n) is 8.27. The summed E-state index contributed by atoms with van der Waals surface area (Å²) in [5.41, 5.74) is 0.301. The molecule has 0 unspecified atom stereocenters. The quantitative estimate of drug-likeness (QED) is 0.288. The first-order valence-corrected chi connectivity index (χ1v) is 11.5. The highest BCUT2D eigenvalue weighted by Gasteiger charge is 2.53. The lowest BCUT2D eigenvalue weighted by atomic mass is 9.96. The first kappa shape index (κ1) is 30.0. The molecule has 14 heteroatoms. The molecule has 2 rings (SSSR count). The van der Waals surface area contributed by atoms with Gasteiger partial charge >= 0.3 is 35.9 Å². The third-order valence-electron chi connectivity index (χ3n) is 5.17. The van der Waals surface area contributed by atoms with Crippen LogP contribution >= 0.6 is 0 Å². The Morgan fingerprint density at radius 3 is 1.84 bits per heavy atom. The number of anilines is 1. The molecule has 0 bridgehead atoms. The van der Waals surface area contributed by atoms with Gasteiger partial charge in [-0.15, -0.1) is 0 Å². The molecule has 0 radical (unpaired) electrons. The maximum absolute atomic E-state index is 12.8. The smallest absolute Gasteiger partial charge is 0.324 e. The minimum atomic E-state index is -1.75. The van der Waals surface area contributed by atoms with E-state index in [1.807, 2.05) is 0 Å². The molecule has 2 amide bonds. The Morgan fingerprint density at radius 2 is 1.34 bits per heavy atom. The van der Waals surface area contributed by atoms with Crippen molar-refractivity contribution in [2.45, 2.75) is 71.3 Å². The van der Waals surface area contributed by atoms with Gasteiger partial charge in [-0.25, -0.2) is 4.79 Å². The van der Waals surface area contributed by atoms with Crippen molar-refractivity contribution in [2.75, 3.05) is 11.5 Å². The molecule has 2 N–H and O–H groups in total. The number of aliphatic hydroxyl groups is 1.